The first-order valence-electron chi connectivity index (χ1n) is 10.0. The third-order valence-electron chi connectivity index (χ3n) is 4.86. The van der Waals surface area contributed by atoms with Crippen molar-refractivity contribution in [2.24, 2.45) is 0 Å². The Morgan fingerprint density at radius 1 is 0.933 bits per heavy atom. The molecule has 3 aromatic carbocycles. The number of pyridine rings is 1. The minimum atomic E-state index is -0.254. The van der Waals surface area contributed by atoms with Crippen LogP contribution in [0.15, 0.2) is 91.1 Å². The fourth-order valence-corrected chi connectivity index (χ4v) is 3.47. The predicted molar refractivity (Wildman–Crippen MR) is 123 cm³/mol. The van der Waals surface area contributed by atoms with E-state index in [0.717, 1.165) is 28.7 Å². The minimum absolute atomic E-state index is 0.254. The molecule has 4 rings (SSSR count). The Bertz CT molecular complexity index is 1130. The van der Waals surface area contributed by atoms with Gasteiger partial charge in [-0.25, -0.2) is 9.78 Å². The average Bonchev–Trinajstić information content (AvgIpc) is 2.78. The Kier molecular flexibility index (Phi) is 5.90. The zero-order valence-corrected chi connectivity index (χ0v) is 16.9. The lowest BCUT2D eigenvalue weighted by molar-refractivity contribution is 0.252. The molecule has 0 aliphatic rings. The number of hydrogen-bond acceptors (Lipinski definition) is 3. The van der Waals surface area contributed by atoms with E-state index in [2.05, 4.69) is 63.0 Å². The maximum Gasteiger partial charge on any atom is 0.320 e. The zero-order chi connectivity index (χ0) is 20.8. The van der Waals surface area contributed by atoms with Crippen molar-refractivity contribution in [2.45, 2.75) is 13.5 Å². The second kappa shape index (κ2) is 9.09. The molecule has 2 amide bonds. The minimum Gasteiger partial charge on any atom is -0.338 e. The molecule has 5 nitrogen and oxygen atoms in total. The average molecular weight is 396 g/mol. The summed E-state index contributed by atoms with van der Waals surface area (Å²) in [7, 11) is 0. The number of anilines is 3. The van der Waals surface area contributed by atoms with Crippen LogP contribution in [-0.2, 0) is 6.54 Å². The molecule has 0 aliphatic carbocycles. The highest BCUT2D eigenvalue weighted by molar-refractivity contribution is 5.98. The fourth-order valence-electron chi connectivity index (χ4n) is 3.47. The maximum atomic E-state index is 11.8. The van der Waals surface area contributed by atoms with Crippen LogP contribution >= 0.6 is 0 Å². The quantitative estimate of drug-likeness (QED) is 0.439. The van der Waals surface area contributed by atoms with Gasteiger partial charge in [-0.3, -0.25) is 5.32 Å². The lowest BCUT2D eigenvalue weighted by atomic mass is 10.1. The van der Waals surface area contributed by atoms with E-state index in [1.165, 1.54) is 5.56 Å². The maximum absolute atomic E-state index is 11.8. The van der Waals surface area contributed by atoms with Crippen molar-refractivity contribution in [3.05, 3.63) is 96.7 Å². The topological polar surface area (TPSA) is 57.3 Å². The summed E-state index contributed by atoms with van der Waals surface area (Å²) in [5.74, 6) is 0.528. The van der Waals surface area contributed by atoms with Gasteiger partial charge in [0, 0.05) is 30.4 Å². The number of amides is 2. The highest BCUT2D eigenvalue weighted by Crippen LogP contribution is 2.34. The molecule has 0 aliphatic heterocycles. The Hall–Kier alpha value is -3.86. The van der Waals surface area contributed by atoms with E-state index in [-0.39, 0.29) is 6.03 Å². The number of carbonyl (C=O) groups excluding carboxylic acids is 1. The molecule has 150 valence electrons. The van der Waals surface area contributed by atoms with Crippen LogP contribution in [0.1, 0.15) is 12.5 Å². The number of nitrogens with one attached hydrogen (secondary N) is 2. The second-order valence-corrected chi connectivity index (χ2v) is 6.96. The van der Waals surface area contributed by atoms with E-state index >= 15 is 0 Å². The highest BCUT2D eigenvalue weighted by atomic mass is 16.2. The van der Waals surface area contributed by atoms with Gasteiger partial charge in [0.15, 0.2) is 0 Å². The first kappa shape index (κ1) is 19.5. The van der Waals surface area contributed by atoms with Crippen molar-refractivity contribution in [3.8, 4) is 0 Å². The Balaban J connectivity index is 1.74. The number of fused-ring (bicyclic) bond motifs is 1. The summed E-state index contributed by atoms with van der Waals surface area (Å²) < 4.78 is 0. The summed E-state index contributed by atoms with van der Waals surface area (Å²) in [4.78, 5) is 18.6. The van der Waals surface area contributed by atoms with Gasteiger partial charge in [0.25, 0.3) is 0 Å². The number of urea groups is 1. The molecule has 0 radical (unpaired) electrons. The van der Waals surface area contributed by atoms with Crippen LogP contribution in [0.3, 0.4) is 0 Å². The number of nitrogens with zero attached hydrogens (tertiary/aromatic N) is 2. The molecule has 5 heteroatoms. The molecular weight excluding hydrogens is 372 g/mol. The van der Waals surface area contributed by atoms with Gasteiger partial charge in [0.05, 0.1) is 5.69 Å². The first-order valence-corrected chi connectivity index (χ1v) is 10.0. The molecule has 1 heterocycles. The van der Waals surface area contributed by atoms with Crippen molar-refractivity contribution in [2.75, 3.05) is 16.8 Å². The monoisotopic (exact) mass is 396 g/mol. The Labute approximate surface area is 176 Å². The normalized spacial score (nSPS) is 10.6. The van der Waals surface area contributed by atoms with Crippen LogP contribution in [0.25, 0.3) is 10.8 Å². The lowest BCUT2D eigenvalue weighted by Crippen LogP contribution is -2.28. The number of hydrogen-bond donors (Lipinski definition) is 2. The zero-order valence-electron chi connectivity index (χ0n) is 16.9. The van der Waals surface area contributed by atoms with Crippen molar-refractivity contribution < 1.29 is 4.79 Å². The lowest BCUT2D eigenvalue weighted by Gasteiger charge is -2.26. The van der Waals surface area contributed by atoms with Crippen LogP contribution in [0, 0.1) is 0 Å². The van der Waals surface area contributed by atoms with Gasteiger partial charge < -0.3 is 10.2 Å². The van der Waals surface area contributed by atoms with E-state index in [4.69, 9.17) is 0 Å². The van der Waals surface area contributed by atoms with Crippen molar-refractivity contribution in [1.29, 1.82) is 0 Å². The molecule has 0 atom stereocenters. The van der Waals surface area contributed by atoms with Gasteiger partial charge in [-0.15, -0.1) is 0 Å². The Morgan fingerprint density at radius 3 is 2.40 bits per heavy atom. The van der Waals surface area contributed by atoms with E-state index in [0.29, 0.717) is 12.4 Å². The van der Waals surface area contributed by atoms with Gasteiger partial charge in [-0.1, -0.05) is 60.7 Å². The number of benzene rings is 3. The van der Waals surface area contributed by atoms with Gasteiger partial charge in [0.2, 0.25) is 0 Å². The van der Waals surface area contributed by atoms with Crippen LogP contribution in [0.2, 0.25) is 0 Å². The van der Waals surface area contributed by atoms with Crippen LogP contribution in [-0.4, -0.2) is 17.6 Å². The van der Waals surface area contributed by atoms with Crippen molar-refractivity contribution in [3.63, 3.8) is 0 Å². The molecule has 4 aromatic rings. The van der Waals surface area contributed by atoms with Crippen LogP contribution in [0.4, 0.5) is 22.0 Å². The molecule has 0 saturated heterocycles. The smallest absolute Gasteiger partial charge is 0.320 e. The largest absolute Gasteiger partial charge is 0.338 e. The van der Waals surface area contributed by atoms with Gasteiger partial charge in [-0.05, 0) is 42.1 Å². The summed E-state index contributed by atoms with van der Waals surface area (Å²) in [6, 6.07) is 28.6. The molecule has 0 fully saturated rings. The van der Waals surface area contributed by atoms with Gasteiger partial charge in [-0.2, -0.15) is 0 Å². The number of rotatable bonds is 6. The number of carbonyl (C=O) groups is 1. The summed E-state index contributed by atoms with van der Waals surface area (Å²) >= 11 is 0. The van der Waals surface area contributed by atoms with Gasteiger partial charge in [0.1, 0.15) is 5.82 Å². The molecule has 0 spiro atoms. The fraction of sp³-hybridized carbons (Fsp3) is 0.120. The molecule has 0 saturated carbocycles. The summed E-state index contributed by atoms with van der Waals surface area (Å²) in [5.41, 5.74) is 3.40. The molecule has 1 aromatic heterocycles. The highest BCUT2D eigenvalue weighted by Gasteiger charge is 2.14. The van der Waals surface area contributed by atoms with E-state index < -0.39 is 0 Å². The Morgan fingerprint density at radius 2 is 1.67 bits per heavy atom. The number of para-hydroxylation sites is 1. The van der Waals surface area contributed by atoms with E-state index in [9.17, 15) is 4.79 Å². The first-order chi connectivity index (χ1) is 14.7. The standard InChI is InChI=1S/C25H24N4O/c1-2-26-25(30)28-24-16-20-12-9-15-23(22(20)17-27-24)29(21-13-7-4-8-14-21)18-19-10-5-3-6-11-19/h3-17H,2,18H2,1H3,(H2,26,27,28,30). The molecule has 30 heavy (non-hydrogen) atoms. The SMILES string of the molecule is CCNC(=O)Nc1cc2cccc(N(Cc3ccccc3)c3ccccc3)c2cn1. The van der Waals surface area contributed by atoms with Crippen molar-refractivity contribution in [1.82, 2.24) is 10.3 Å². The third kappa shape index (κ3) is 4.41. The molecular formula is C25H24N4O. The summed E-state index contributed by atoms with van der Waals surface area (Å²) in [6.07, 6.45) is 1.83. The third-order valence-corrected chi connectivity index (χ3v) is 4.86. The van der Waals surface area contributed by atoms with E-state index in [1.807, 2.05) is 55.6 Å². The van der Waals surface area contributed by atoms with Crippen LogP contribution < -0.4 is 15.5 Å². The molecule has 0 bridgehead atoms. The van der Waals surface area contributed by atoms with Crippen molar-refractivity contribution >= 4 is 34.0 Å². The molecule has 0 unspecified atom stereocenters. The summed E-state index contributed by atoms with van der Waals surface area (Å²) in [5, 5.41) is 7.55. The van der Waals surface area contributed by atoms with Crippen LogP contribution in [0.5, 0.6) is 0 Å². The predicted octanol–water partition coefficient (Wildman–Crippen LogP) is 5.71. The number of aromatic nitrogens is 1. The van der Waals surface area contributed by atoms with Gasteiger partial charge >= 0.3 is 6.03 Å². The van der Waals surface area contributed by atoms with E-state index in [1.54, 1.807) is 0 Å². The summed E-state index contributed by atoms with van der Waals surface area (Å²) in [6.45, 7) is 3.18. The molecule has 2 N–H and O–H groups in total. The second-order valence-electron chi connectivity index (χ2n) is 6.96.